The van der Waals surface area contributed by atoms with E-state index in [1.165, 1.54) is 4.31 Å². The summed E-state index contributed by atoms with van der Waals surface area (Å²) in [4.78, 5) is 0. The van der Waals surface area contributed by atoms with Crippen molar-refractivity contribution in [3.8, 4) is 0 Å². The van der Waals surface area contributed by atoms with Crippen molar-refractivity contribution in [3.05, 3.63) is 29.3 Å². The van der Waals surface area contributed by atoms with Crippen LogP contribution in [0.5, 0.6) is 0 Å². The zero-order valence-corrected chi connectivity index (χ0v) is 12.9. The summed E-state index contributed by atoms with van der Waals surface area (Å²) < 4.78 is 28.9. The quantitative estimate of drug-likeness (QED) is 0.887. The third kappa shape index (κ3) is 3.50. The van der Waals surface area contributed by atoms with Gasteiger partial charge in [0.1, 0.15) is 0 Å². The first-order chi connectivity index (χ1) is 9.42. The third-order valence-electron chi connectivity index (χ3n) is 3.91. The zero-order chi connectivity index (χ0) is 14.8. The summed E-state index contributed by atoms with van der Waals surface area (Å²) in [6.07, 6.45) is 1.88. The molecular weight excluding hydrogens is 274 g/mol. The van der Waals surface area contributed by atoms with Gasteiger partial charge in [0.15, 0.2) is 0 Å². The first-order valence-corrected chi connectivity index (χ1v) is 8.41. The normalized spacial score (nSPS) is 20.9. The van der Waals surface area contributed by atoms with E-state index in [0.717, 1.165) is 24.0 Å². The molecule has 6 heteroatoms. The third-order valence-corrected chi connectivity index (χ3v) is 5.41. The molecule has 0 saturated carbocycles. The molecule has 1 aromatic carbocycles. The average molecular weight is 297 g/mol. The van der Waals surface area contributed by atoms with Crippen LogP contribution in [0.2, 0.25) is 0 Å². The Labute approximate surface area is 121 Å². The monoisotopic (exact) mass is 297 g/mol. The van der Waals surface area contributed by atoms with Gasteiger partial charge in [-0.1, -0.05) is 6.07 Å². The summed E-state index contributed by atoms with van der Waals surface area (Å²) >= 11 is 0. The molecule has 1 aliphatic heterocycles. The summed E-state index contributed by atoms with van der Waals surface area (Å²) in [6.45, 7) is 5.59. The molecule has 1 aromatic rings. The summed E-state index contributed by atoms with van der Waals surface area (Å²) in [7, 11) is -3.48. The number of nitrogens with zero attached hydrogens (tertiary/aromatic N) is 1. The minimum absolute atomic E-state index is 0.264. The van der Waals surface area contributed by atoms with Crippen molar-refractivity contribution in [1.29, 1.82) is 0 Å². The van der Waals surface area contributed by atoms with Gasteiger partial charge in [-0.3, -0.25) is 4.72 Å². The maximum Gasteiger partial charge on any atom is 0.301 e. The Bertz CT molecular complexity index is 572. The Morgan fingerprint density at radius 2 is 2.10 bits per heavy atom. The largest absolute Gasteiger partial charge is 0.330 e. The van der Waals surface area contributed by atoms with Crippen LogP contribution in [0.25, 0.3) is 0 Å². The number of nitrogens with one attached hydrogen (secondary N) is 1. The van der Waals surface area contributed by atoms with Gasteiger partial charge in [0.2, 0.25) is 0 Å². The van der Waals surface area contributed by atoms with Crippen LogP contribution in [-0.4, -0.2) is 32.4 Å². The van der Waals surface area contributed by atoms with Crippen LogP contribution >= 0.6 is 0 Å². The average Bonchev–Trinajstić information content (AvgIpc) is 2.43. The fourth-order valence-corrected chi connectivity index (χ4v) is 3.79. The Morgan fingerprint density at radius 3 is 2.75 bits per heavy atom. The molecule has 0 amide bonds. The predicted octanol–water partition coefficient (Wildman–Crippen LogP) is 1.63. The van der Waals surface area contributed by atoms with Gasteiger partial charge in [-0.05, 0) is 62.4 Å². The van der Waals surface area contributed by atoms with Crippen molar-refractivity contribution >= 4 is 15.9 Å². The van der Waals surface area contributed by atoms with E-state index in [-0.39, 0.29) is 5.92 Å². The van der Waals surface area contributed by atoms with E-state index >= 15 is 0 Å². The minimum atomic E-state index is -3.48. The molecule has 1 heterocycles. The van der Waals surface area contributed by atoms with E-state index in [1.54, 1.807) is 6.07 Å². The van der Waals surface area contributed by atoms with Gasteiger partial charge in [0, 0.05) is 13.1 Å². The number of piperidine rings is 1. The van der Waals surface area contributed by atoms with Gasteiger partial charge in [-0.25, -0.2) is 0 Å². The lowest BCUT2D eigenvalue weighted by Gasteiger charge is -2.31. The summed E-state index contributed by atoms with van der Waals surface area (Å²) in [6, 6.07) is 5.58. The molecule has 5 nitrogen and oxygen atoms in total. The Morgan fingerprint density at radius 1 is 1.35 bits per heavy atom. The first-order valence-electron chi connectivity index (χ1n) is 6.97. The molecular formula is C14H23N3O2S. The van der Waals surface area contributed by atoms with Crippen LogP contribution in [0, 0.1) is 19.8 Å². The van der Waals surface area contributed by atoms with E-state index in [1.807, 2.05) is 26.0 Å². The van der Waals surface area contributed by atoms with E-state index in [4.69, 9.17) is 5.73 Å². The van der Waals surface area contributed by atoms with Gasteiger partial charge in [-0.2, -0.15) is 12.7 Å². The fourth-order valence-electron chi connectivity index (χ4n) is 2.46. The van der Waals surface area contributed by atoms with Crippen LogP contribution < -0.4 is 10.5 Å². The smallest absolute Gasteiger partial charge is 0.301 e. The highest BCUT2D eigenvalue weighted by Gasteiger charge is 2.28. The highest BCUT2D eigenvalue weighted by molar-refractivity contribution is 7.90. The van der Waals surface area contributed by atoms with Crippen LogP contribution in [0.3, 0.4) is 0 Å². The Kier molecular flexibility index (Phi) is 4.67. The van der Waals surface area contributed by atoms with Gasteiger partial charge in [0.05, 0.1) is 5.69 Å². The standard InChI is InChI=1S/C14H23N3O2S/c1-11-5-6-14(8-12(11)2)16-20(18,19)17-7-3-4-13(9-15)10-17/h5-6,8,13,16H,3-4,7,9-10,15H2,1-2H3. The Balaban J connectivity index is 2.12. The molecule has 1 fully saturated rings. The first kappa shape index (κ1) is 15.3. The van der Waals surface area contributed by atoms with Gasteiger partial charge >= 0.3 is 10.2 Å². The van der Waals surface area contributed by atoms with Crippen molar-refractivity contribution in [2.24, 2.45) is 11.7 Å². The van der Waals surface area contributed by atoms with Gasteiger partial charge < -0.3 is 5.73 Å². The van der Waals surface area contributed by atoms with Crippen LogP contribution in [-0.2, 0) is 10.2 Å². The number of aryl methyl sites for hydroxylation is 2. The number of anilines is 1. The van der Waals surface area contributed by atoms with Gasteiger partial charge in [-0.15, -0.1) is 0 Å². The molecule has 112 valence electrons. The molecule has 1 saturated heterocycles. The second-order valence-electron chi connectivity index (χ2n) is 5.51. The van der Waals surface area contributed by atoms with Crippen LogP contribution in [0.1, 0.15) is 24.0 Å². The molecule has 0 aliphatic carbocycles. The van der Waals surface area contributed by atoms with Crippen molar-refractivity contribution in [2.75, 3.05) is 24.4 Å². The van der Waals surface area contributed by atoms with Crippen molar-refractivity contribution in [3.63, 3.8) is 0 Å². The topological polar surface area (TPSA) is 75.4 Å². The number of hydrogen-bond acceptors (Lipinski definition) is 3. The van der Waals surface area contributed by atoms with Crippen molar-refractivity contribution in [2.45, 2.75) is 26.7 Å². The Hall–Kier alpha value is -1.11. The molecule has 0 spiro atoms. The lowest BCUT2D eigenvalue weighted by atomic mass is 10.0. The molecule has 0 aromatic heterocycles. The van der Waals surface area contributed by atoms with Crippen LogP contribution in [0.4, 0.5) is 5.69 Å². The van der Waals surface area contributed by atoms with Crippen molar-refractivity contribution < 1.29 is 8.42 Å². The van der Waals surface area contributed by atoms with E-state index < -0.39 is 10.2 Å². The summed E-state index contributed by atoms with van der Waals surface area (Å²) in [5.41, 5.74) is 8.49. The number of rotatable bonds is 4. The molecule has 1 aliphatic rings. The molecule has 3 N–H and O–H groups in total. The van der Waals surface area contributed by atoms with Crippen LogP contribution in [0.15, 0.2) is 18.2 Å². The van der Waals surface area contributed by atoms with E-state index in [0.29, 0.717) is 25.3 Å². The molecule has 0 radical (unpaired) electrons. The second-order valence-corrected chi connectivity index (χ2v) is 7.18. The maximum absolute atomic E-state index is 12.4. The predicted molar refractivity (Wildman–Crippen MR) is 81.8 cm³/mol. The number of benzene rings is 1. The fraction of sp³-hybridized carbons (Fsp3) is 0.571. The number of nitrogens with two attached hydrogens (primary N) is 1. The van der Waals surface area contributed by atoms with Crippen molar-refractivity contribution in [1.82, 2.24) is 4.31 Å². The minimum Gasteiger partial charge on any atom is -0.330 e. The summed E-state index contributed by atoms with van der Waals surface area (Å²) in [5, 5.41) is 0. The second kappa shape index (κ2) is 6.11. The molecule has 20 heavy (non-hydrogen) atoms. The lowest BCUT2D eigenvalue weighted by molar-refractivity contribution is 0.273. The van der Waals surface area contributed by atoms with E-state index in [9.17, 15) is 8.42 Å². The molecule has 1 unspecified atom stereocenters. The zero-order valence-electron chi connectivity index (χ0n) is 12.1. The van der Waals surface area contributed by atoms with Gasteiger partial charge in [0.25, 0.3) is 0 Å². The highest BCUT2D eigenvalue weighted by Crippen LogP contribution is 2.21. The highest BCUT2D eigenvalue weighted by atomic mass is 32.2. The number of hydrogen-bond donors (Lipinski definition) is 2. The molecule has 1 atom stereocenters. The SMILES string of the molecule is Cc1ccc(NS(=O)(=O)N2CCCC(CN)C2)cc1C. The summed E-state index contributed by atoms with van der Waals surface area (Å²) in [5.74, 6) is 0.264. The van der Waals surface area contributed by atoms with E-state index in [2.05, 4.69) is 4.72 Å². The molecule has 0 bridgehead atoms. The lowest BCUT2D eigenvalue weighted by Crippen LogP contribution is -2.44. The molecule has 2 rings (SSSR count). The maximum atomic E-state index is 12.4.